The molecule has 0 fully saturated rings. The van der Waals surface area contributed by atoms with E-state index in [1.165, 1.54) is 11.3 Å². The van der Waals surface area contributed by atoms with Crippen LogP contribution in [0.4, 0.5) is 5.13 Å². The minimum absolute atomic E-state index is 0.186. The average molecular weight is 283 g/mol. The molecule has 0 aliphatic heterocycles. The number of rotatable bonds is 2. The fourth-order valence-electron chi connectivity index (χ4n) is 1.91. The van der Waals surface area contributed by atoms with Crippen LogP contribution in [0, 0.1) is 13.8 Å². The highest BCUT2D eigenvalue weighted by molar-refractivity contribution is 7.22. The number of fused-ring (bicyclic) bond motifs is 1. The Hall–Kier alpha value is -2.27. The number of nitrogens with zero attached hydrogens (tertiary/aromatic N) is 2. The van der Waals surface area contributed by atoms with Gasteiger partial charge in [-0.3, -0.25) is 15.1 Å². The SMILES string of the molecule is Cc1ccc(C(=O)Nc2nc3c(C)cccc3s2)cn1. The number of hydrogen-bond acceptors (Lipinski definition) is 4. The van der Waals surface area contributed by atoms with Crippen molar-refractivity contribution in [1.29, 1.82) is 0 Å². The maximum atomic E-state index is 12.1. The zero-order valence-electron chi connectivity index (χ0n) is 11.2. The summed E-state index contributed by atoms with van der Waals surface area (Å²) in [5, 5.41) is 3.43. The largest absolute Gasteiger partial charge is 0.298 e. The monoisotopic (exact) mass is 283 g/mol. The summed E-state index contributed by atoms with van der Waals surface area (Å²) in [5.41, 5.74) is 3.47. The van der Waals surface area contributed by atoms with Gasteiger partial charge in [-0.15, -0.1) is 0 Å². The second-order valence-corrected chi connectivity index (χ2v) is 5.61. The van der Waals surface area contributed by atoms with Crippen LogP contribution in [0.15, 0.2) is 36.5 Å². The molecule has 2 heterocycles. The third-order valence-electron chi connectivity index (χ3n) is 3.01. The number of pyridine rings is 1. The smallest absolute Gasteiger partial charge is 0.259 e. The van der Waals surface area contributed by atoms with Gasteiger partial charge in [0.2, 0.25) is 0 Å². The summed E-state index contributed by atoms with van der Waals surface area (Å²) in [4.78, 5) is 20.7. The molecule has 0 radical (unpaired) electrons. The van der Waals surface area contributed by atoms with Gasteiger partial charge in [-0.2, -0.15) is 0 Å². The number of nitrogens with one attached hydrogen (secondary N) is 1. The topological polar surface area (TPSA) is 54.9 Å². The highest BCUT2D eigenvalue weighted by Crippen LogP contribution is 2.28. The number of hydrogen-bond donors (Lipinski definition) is 1. The lowest BCUT2D eigenvalue weighted by molar-refractivity contribution is 0.102. The molecular weight excluding hydrogens is 270 g/mol. The molecule has 5 heteroatoms. The molecule has 1 amide bonds. The molecule has 2 aromatic heterocycles. The molecule has 0 atom stereocenters. The van der Waals surface area contributed by atoms with E-state index in [2.05, 4.69) is 15.3 Å². The summed E-state index contributed by atoms with van der Waals surface area (Å²) in [5.74, 6) is -0.186. The highest BCUT2D eigenvalue weighted by atomic mass is 32.1. The zero-order chi connectivity index (χ0) is 14.1. The van der Waals surface area contributed by atoms with Gasteiger partial charge in [-0.25, -0.2) is 4.98 Å². The summed E-state index contributed by atoms with van der Waals surface area (Å²) in [6.45, 7) is 3.90. The maximum Gasteiger partial charge on any atom is 0.259 e. The molecule has 0 unspecified atom stereocenters. The predicted octanol–water partition coefficient (Wildman–Crippen LogP) is 3.56. The Bertz CT molecular complexity index is 777. The van der Waals surface area contributed by atoms with Crippen LogP contribution in [0.3, 0.4) is 0 Å². The number of carbonyl (C=O) groups excluding carboxylic acids is 1. The van der Waals surface area contributed by atoms with E-state index in [1.807, 2.05) is 38.1 Å². The summed E-state index contributed by atoms with van der Waals surface area (Å²) in [6.07, 6.45) is 1.57. The van der Waals surface area contributed by atoms with Crippen molar-refractivity contribution in [2.75, 3.05) is 5.32 Å². The van der Waals surface area contributed by atoms with E-state index in [1.54, 1.807) is 12.3 Å². The Labute approximate surface area is 120 Å². The van der Waals surface area contributed by atoms with Gasteiger partial charge in [-0.05, 0) is 37.6 Å². The molecule has 1 N–H and O–H groups in total. The van der Waals surface area contributed by atoms with Gasteiger partial charge < -0.3 is 0 Å². The van der Waals surface area contributed by atoms with Gasteiger partial charge in [0.15, 0.2) is 5.13 Å². The molecule has 0 spiro atoms. The van der Waals surface area contributed by atoms with Crippen molar-refractivity contribution in [1.82, 2.24) is 9.97 Å². The quantitative estimate of drug-likeness (QED) is 0.782. The minimum atomic E-state index is -0.186. The maximum absolute atomic E-state index is 12.1. The van der Waals surface area contributed by atoms with Gasteiger partial charge in [0.25, 0.3) is 5.91 Å². The van der Waals surface area contributed by atoms with E-state index in [9.17, 15) is 4.79 Å². The zero-order valence-corrected chi connectivity index (χ0v) is 12.0. The molecule has 4 nitrogen and oxygen atoms in total. The highest BCUT2D eigenvalue weighted by Gasteiger charge is 2.10. The molecule has 0 aliphatic rings. The molecule has 3 rings (SSSR count). The standard InChI is InChI=1S/C15H13N3OS/c1-9-4-3-5-12-13(9)17-15(20-12)18-14(19)11-7-6-10(2)16-8-11/h3-8H,1-2H3,(H,17,18,19). The van der Waals surface area contributed by atoms with E-state index in [0.717, 1.165) is 21.5 Å². The Morgan fingerprint density at radius 3 is 2.75 bits per heavy atom. The Kier molecular flexibility index (Phi) is 3.20. The van der Waals surface area contributed by atoms with E-state index in [4.69, 9.17) is 0 Å². The van der Waals surface area contributed by atoms with Gasteiger partial charge in [0.1, 0.15) is 0 Å². The first-order valence-corrected chi connectivity index (χ1v) is 7.05. The summed E-state index contributed by atoms with van der Waals surface area (Å²) < 4.78 is 1.07. The van der Waals surface area contributed by atoms with Crippen LogP contribution in [0.1, 0.15) is 21.6 Å². The van der Waals surface area contributed by atoms with Crippen LogP contribution in [-0.2, 0) is 0 Å². The number of benzene rings is 1. The summed E-state index contributed by atoms with van der Waals surface area (Å²) in [6, 6.07) is 9.58. The number of amides is 1. The number of carbonyl (C=O) groups is 1. The molecule has 20 heavy (non-hydrogen) atoms. The van der Waals surface area contributed by atoms with Crippen molar-refractivity contribution in [3.05, 3.63) is 53.3 Å². The first-order chi connectivity index (χ1) is 9.63. The second-order valence-electron chi connectivity index (χ2n) is 4.58. The molecule has 0 bridgehead atoms. The molecule has 0 saturated heterocycles. The molecule has 0 aliphatic carbocycles. The van der Waals surface area contributed by atoms with Crippen LogP contribution < -0.4 is 5.32 Å². The van der Waals surface area contributed by atoms with Crippen LogP contribution in [-0.4, -0.2) is 15.9 Å². The fraction of sp³-hybridized carbons (Fsp3) is 0.133. The van der Waals surface area contributed by atoms with Crippen LogP contribution in [0.2, 0.25) is 0 Å². The number of para-hydroxylation sites is 1. The Morgan fingerprint density at radius 1 is 1.20 bits per heavy atom. The van der Waals surface area contributed by atoms with Crippen LogP contribution in [0.5, 0.6) is 0 Å². The normalized spacial score (nSPS) is 10.7. The number of aryl methyl sites for hydroxylation is 2. The fourth-order valence-corrected chi connectivity index (χ4v) is 2.85. The third-order valence-corrected chi connectivity index (χ3v) is 3.95. The number of aromatic nitrogens is 2. The number of anilines is 1. The van der Waals surface area contributed by atoms with E-state index >= 15 is 0 Å². The lowest BCUT2D eigenvalue weighted by Crippen LogP contribution is -2.11. The van der Waals surface area contributed by atoms with Crippen molar-refractivity contribution in [3.63, 3.8) is 0 Å². The molecule has 3 aromatic rings. The molecule has 0 saturated carbocycles. The van der Waals surface area contributed by atoms with Crippen LogP contribution in [0.25, 0.3) is 10.2 Å². The third kappa shape index (κ3) is 2.40. The van der Waals surface area contributed by atoms with E-state index in [0.29, 0.717) is 10.7 Å². The van der Waals surface area contributed by atoms with Crippen molar-refractivity contribution >= 4 is 32.6 Å². The predicted molar refractivity (Wildman–Crippen MR) is 81.3 cm³/mol. The molecular formula is C15H13N3OS. The average Bonchev–Trinajstić information content (AvgIpc) is 2.83. The number of thiazole rings is 1. The van der Waals surface area contributed by atoms with E-state index < -0.39 is 0 Å². The summed E-state index contributed by atoms with van der Waals surface area (Å²) in [7, 11) is 0. The first kappa shape index (κ1) is 12.7. The van der Waals surface area contributed by atoms with Crippen molar-refractivity contribution < 1.29 is 4.79 Å². The van der Waals surface area contributed by atoms with Crippen LogP contribution >= 0.6 is 11.3 Å². The lowest BCUT2D eigenvalue weighted by atomic mass is 10.2. The first-order valence-electron chi connectivity index (χ1n) is 6.23. The van der Waals surface area contributed by atoms with Gasteiger partial charge >= 0.3 is 0 Å². The van der Waals surface area contributed by atoms with Crippen molar-refractivity contribution in [2.24, 2.45) is 0 Å². The summed E-state index contributed by atoms with van der Waals surface area (Å²) >= 11 is 1.47. The van der Waals surface area contributed by atoms with Crippen molar-refractivity contribution in [2.45, 2.75) is 13.8 Å². The van der Waals surface area contributed by atoms with Crippen molar-refractivity contribution in [3.8, 4) is 0 Å². The lowest BCUT2D eigenvalue weighted by Gasteiger charge is -2.01. The Morgan fingerprint density at radius 2 is 2.05 bits per heavy atom. The Balaban J connectivity index is 1.87. The molecule has 100 valence electrons. The minimum Gasteiger partial charge on any atom is -0.298 e. The van der Waals surface area contributed by atoms with Gasteiger partial charge in [0, 0.05) is 11.9 Å². The van der Waals surface area contributed by atoms with E-state index in [-0.39, 0.29) is 5.91 Å². The molecule has 1 aromatic carbocycles. The van der Waals surface area contributed by atoms with Gasteiger partial charge in [-0.1, -0.05) is 23.5 Å². The van der Waals surface area contributed by atoms with Gasteiger partial charge in [0.05, 0.1) is 15.8 Å². The second kappa shape index (κ2) is 5.02.